The van der Waals surface area contributed by atoms with Crippen molar-refractivity contribution in [2.45, 2.75) is 115 Å². The molecule has 1 aliphatic heterocycles. The first-order valence-electron chi connectivity index (χ1n) is 17.5. The minimum Gasteiger partial charge on any atom is -0.390 e. The average Bonchev–Trinajstić information content (AvgIpc) is 3.02. The molecule has 0 radical (unpaired) electrons. The predicted molar refractivity (Wildman–Crippen MR) is 193 cm³/mol. The Morgan fingerprint density at radius 1 is 0.918 bits per heavy atom. The Morgan fingerprint density at radius 3 is 2.12 bits per heavy atom. The van der Waals surface area contributed by atoms with Crippen LogP contribution >= 0.6 is 0 Å². The summed E-state index contributed by atoms with van der Waals surface area (Å²) in [4.78, 5) is 43.3. The van der Waals surface area contributed by atoms with Gasteiger partial charge < -0.3 is 21.1 Å². The highest BCUT2D eigenvalue weighted by atomic mass is 32.2. The summed E-state index contributed by atoms with van der Waals surface area (Å²) in [5, 5.41) is 20.7. The normalized spacial score (nSPS) is 22.2. The number of hydrogen-bond donors (Lipinski definition) is 4. The van der Waals surface area contributed by atoms with Crippen molar-refractivity contribution in [1.82, 2.24) is 20.9 Å². The molecule has 2 aromatic carbocycles. The largest absolute Gasteiger partial charge is 0.390 e. The van der Waals surface area contributed by atoms with Crippen LogP contribution in [0.4, 0.5) is 0 Å². The number of fused-ring (bicyclic) bond motifs is 1. The second-order valence-electron chi connectivity index (χ2n) is 15.8. The van der Waals surface area contributed by atoms with Crippen molar-refractivity contribution in [3.8, 4) is 0 Å². The number of sulfone groups is 1. The fraction of sp³-hybridized carbons (Fsp3) is 0.605. The van der Waals surface area contributed by atoms with Crippen molar-refractivity contribution in [3.63, 3.8) is 0 Å². The van der Waals surface area contributed by atoms with Gasteiger partial charge in [-0.05, 0) is 90.3 Å². The maximum atomic E-state index is 14.2. The van der Waals surface area contributed by atoms with Gasteiger partial charge in [0.1, 0.15) is 6.04 Å². The summed E-state index contributed by atoms with van der Waals surface area (Å²) in [7, 11) is -3.85. The number of carbonyl (C=O) groups is 3. The van der Waals surface area contributed by atoms with Gasteiger partial charge in [-0.2, -0.15) is 0 Å². The Hall–Kier alpha value is -3.28. The van der Waals surface area contributed by atoms with E-state index >= 15 is 0 Å². The van der Waals surface area contributed by atoms with Crippen molar-refractivity contribution in [2.24, 2.45) is 11.8 Å². The summed E-state index contributed by atoms with van der Waals surface area (Å²) in [5.74, 6) is -0.488. The minimum atomic E-state index is -3.85. The Labute approximate surface area is 292 Å². The number of aryl methyl sites for hydroxylation is 1. The van der Waals surface area contributed by atoms with Crippen molar-refractivity contribution < 1.29 is 27.9 Å². The van der Waals surface area contributed by atoms with Crippen LogP contribution in [-0.4, -0.2) is 90.0 Å². The molecule has 2 fully saturated rings. The summed E-state index contributed by atoms with van der Waals surface area (Å²) in [6, 6.07) is 13.5. The van der Waals surface area contributed by atoms with E-state index in [2.05, 4.69) is 20.9 Å². The molecule has 4 N–H and O–H groups in total. The van der Waals surface area contributed by atoms with E-state index in [1.54, 1.807) is 24.3 Å². The first-order valence-corrected chi connectivity index (χ1v) is 19.4. The van der Waals surface area contributed by atoms with Crippen molar-refractivity contribution in [1.29, 1.82) is 0 Å². The fourth-order valence-electron chi connectivity index (χ4n) is 7.10. The Morgan fingerprint density at radius 2 is 1.53 bits per heavy atom. The molecule has 1 aliphatic carbocycles. The van der Waals surface area contributed by atoms with Gasteiger partial charge in [-0.15, -0.1) is 0 Å². The zero-order valence-electron chi connectivity index (χ0n) is 30.2. The molecule has 2 unspecified atom stereocenters. The lowest BCUT2D eigenvalue weighted by Crippen LogP contribution is -2.64. The number of β-amino-alcohol motifs (C(OH)–C–C–N with tert-alkyl or cyclic N) is 1. The van der Waals surface area contributed by atoms with Gasteiger partial charge in [0.05, 0.1) is 22.9 Å². The smallest absolute Gasteiger partial charge is 0.251 e. The summed E-state index contributed by atoms with van der Waals surface area (Å²) < 4.78 is 24.4. The molecule has 49 heavy (non-hydrogen) atoms. The Balaban J connectivity index is 1.63. The van der Waals surface area contributed by atoms with E-state index in [9.17, 15) is 27.9 Å². The lowest BCUT2D eigenvalue weighted by molar-refractivity contribution is -0.133. The zero-order valence-corrected chi connectivity index (χ0v) is 31.0. The standard InChI is InChI=1S/C38H56N4O6S/c1-25-17-19-27(20-18-25)34(44)40-33(38(5,6)49(7,47)48)36(46)39-30(21-26-13-9-8-10-14-26)32(43)24-42-23-29-16-12-11-15-28(29)22-31(42)35(45)41-37(2,3)4/h8-10,13-14,17-20,28-33,43H,11-12,15-16,21-24H2,1-7H3,(H,39,46)(H,40,44)(H,41,45)/t28?,29?,30-,31-,32+,33+/m0/s1. The predicted octanol–water partition coefficient (Wildman–Crippen LogP) is 3.80. The first-order chi connectivity index (χ1) is 22.9. The van der Waals surface area contributed by atoms with Gasteiger partial charge >= 0.3 is 0 Å². The van der Waals surface area contributed by atoms with E-state index in [1.807, 2.05) is 58.0 Å². The number of rotatable bonds is 12. The second-order valence-corrected chi connectivity index (χ2v) is 18.4. The highest BCUT2D eigenvalue weighted by Gasteiger charge is 2.46. The van der Waals surface area contributed by atoms with E-state index in [-0.39, 0.29) is 18.9 Å². The molecule has 2 aliphatic rings. The highest BCUT2D eigenvalue weighted by Crippen LogP contribution is 2.39. The molecule has 2 aromatic rings. The Kier molecular flexibility index (Phi) is 12.4. The summed E-state index contributed by atoms with van der Waals surface area (Å²) in [6.07, 6.45) is 5.39. The number of aliphatic hydroxyl groups excluding tert-OH is 1. The second kappa shape index (κ2) is 15.7. The van der Waals surface area contributed by atoms with Crippen molar-refractivity contribution in [2.75, 3.05) is 19.3 Å². The Bertz CT molecular complexity index is 1550. The molecule has 0 spiro atoms. The lowest BCUT2D eigenvalue weighted by Gasteiger charge is -2.47. The van der Waals surface area contributed by atoms with Crippen LogP contribution in [0.3, 0.4) is 0 Å². The number of carbonyl (C=O) groups excluding carboxylic acids is 3. The summed E-state index contributed by atoms with van der Waals surface area (Å²) in [6.45, 7) is 11.4. The molecular weight excluding hydrogens is 641 g/mol. The number of amides is 3. The average molecular weight is 697 g/mol. The number of aliphatic hydroxyl groups is 1. The van der Waals surface area contributed by atoms with Crippen LogP contribution in [0, 0.1) is 18.8 Å². The molecule has 6 atom stereocenters. The van der Waals surface area contributed by atoms with E-state index in [1.165, 1.54) is 13.8 Å². The van der Waals surface area contributed by atoms with Gasteiger partial charge in [0, 0.05) is 30.4 Å². The lowest BCUT2D eigenvalue weighted by atomic mass is 9.72. The number of benzene rings is 2. The van der Waals surface area contributed by atoms with Gasteiger partial charge in [0.2, 0.25) is 11.8 Å². The molecule has 270 valence electrons. The van der Waals surface area contributed by atoms with Gasteiger partial charge in [-0.25, -0.2) is 8.42 Å². The van der Waals surface area contributed by atoms with Crippen LogP contribution < -0.4 is 16.0 Å². The third-order valence-corrected chi connectivity index (χ3v) is 12.5. The van der Waals surface area contributed by atoms with Gasteiger partial charge in [0.15, 0.2) is 9.84 Å². The molecule has 11 heteroatoms. The molecule has 0 bridgehead atoms. The fourth-order valence-corrected chi connectivity index (χ4v) is 7.69. The van der Waals surface area contributed by atoms with Gasteiger partial charge in [-0.1, -0.05) is 67.3 Å². The van der Waals surface area contributed by atoms with Crippen molar-refractivity contribution >= 4 is 27.6 Å². The minimum absolute atomic E-state index is 0.0684. The summed E-state index contributed by atoms with van der Waals surface area (Å²) in [5.41, 5.74) is 1.69. The zero-order chi connectivity index (χ0) is 36.1. The van der Waals surface area contributed by atoms with Crippen molar-refractivity contribution in [3.05, 3.63) is 71.3 Å². The molecule has 4 rings (SSSR count). The molecule has 1 saturated carbocycles. The SMILES string of the molecule is Cc1ccc(C(=O)N[C@H](C(=O)N[C@@H](Cc2ccccc2)[C@H](O)CN2CC3CCCCC3C[C@H]2C(=O)NC(C)(C)C)C(C)(C)S(C)(=O)=O)cc1. The number of likely N-dealkylation sites (tertiary alicyclic amines) is 1. The van der Waals surface area contributed by atoms with E-state index in [0.717, 1.165) is 43.1 Å². The number of piperidine rings is 1. The van der Waals surface area contributed by atoms with Crippen LogP contribution in [0.25, 0.3) is 0 Å². The molecule has 1 heterocycles. The van der Waals surface area contributed by atoms with Crippen LogP contribution in [0.2, 0.25) is 0 Å². The number of nitrogens with zero attached hydrogens (tertiary/aromatic N) is 1. The van der Waals surface area contributed by atoms with Crippen LogP contribution in [-0.2, 0) is 25.8 Å². The molecule has 3 amide bonds. The molecule has 1 saturated heterocycles. The third-order valence-electron chi connectivity index (χ3n) is 10.3. The first kappa shape index (κ1) is 38.5. The third kappa shape index (κ3) is 10.1. The maximum absolute atomic E-state index is 14.2. The monoisotopic (exact) mass is 696 g/mol. The van der Waals surface area contributed by atoms with Gasteiger partial charge in [0.25, 0.3) is 5.91 Å². The topological polar surface area (TPSA) is 145 Å². The molecular formula is C38H56N4O6S. The summed E-state index contributed by atoms with van der Waals surface area (Å²) >= 11 is 0. The molecule has 10 nitrogen and oxygen atoms in total. The van der Waals surface area contributed by atoms with Crippen LogP contribution in [0.15, 0.2) is 54.6 Å². The maximum Gasteiger partial charge on any atom is 0.251 e. The number of hydrogen-bond acceptors (Lipinski definition) is 7. The van der Waals surface area contributed by atoms with Gasteiger partial charge in [-0.3, -0.25) is 19.3 Å². The van der Waals surface area contributed by atoms with Crippen LogP contribution in [0.5, 0.6) is 0 Å². The van der Waals surface area contributed by atoms with Crippen LogP contribution in [0.1, 0.15) is 88.2 Å². The van der Waals surface area contributed by atoms with E-state index in [4.69, 9.17) is 0 Å². The highest BCUT2D eigenvalue weighted by molar-refractivity contribution is 7.92. The van der Waals surface area contributed by atoms with E-state index in [0.29, 0.717) is 30.4 Å². The van der Waals surface area contributed by atoms with E-state index < -0.39 is 56.2 Å². The number of nitrogens with one attached hydrogen (secondary N) is 3. The molecule has 0 aromatic heterocycles. The quantitative estimate of drug-likeness (QED) is 0.264.